The van der Waals surface area contributed by atoms with Crippen molar-refractivity contribution in [2.75, 3.05) is 18.1 Å². The van der Waals surface area contributed by atoms with E-state index >= 15 is 0 Å². The van der Waals surface area contributed by atoms with Crippen LogP contribution in [0.4, 0.5) is 0 Å². The van der Waals surface area contributed by atoms with E-state index in [2.05, 4.69) is 33.0 Å². The van der Waals surface area contributed by atoms with Gasteiger partial charge in [0, 0.05) is 28.3 Å². The molecule has 0 aromatic rings. The van der Waals surface area contributed by atoms with E-state index in [-0.39, 0.29) is 0 Å². The van der Waals surface area contributed by atoms with Gasteiger partial charge in [-0.3, -0.25) is 4.21 Å². The lowest BCUT2D eigenvalue weighted by Crippen LogP contribution is -2.24. The van der Waals surface area contributed by atoms with Gasteiger partial charge in [0.2, 0.25) is 0 Å². The fourth-order valence-corrected chi connectivity index (χ4v) is 2.50. The monoisotopic (exact) mass is 219 g/mol. The van der Waals surface area contributed by atoms with Crippen molar-refractivity contribution in [2.45, 2.75) is 46.6 Å². The smallest absolute Gasteiger partial charge is 0.0246 e. The lowest BCUT2D eigenvalue weighted by atomic mass is 10.2. The molecule has 0 fully saturated rings. The zero-order chi connectivity index (χ0) is 11.0. The van der Waals surface area contributed by atoms with Crippen LogP contribution in [0.2, 0.25) is 0 Å². The summed E-state index contributed by atoms with van der Waals surface area (Å²) in [5.74, 6) is 2.40. The number of hydrogen-bond donors (Lipinski definition) is 1. The Balaban J connectivity index is 3.27. The number of nitrogens with one attached hydrogen (secondary N) is 1. The normalized spacial score (nSPS) is 13.9. The predicted octanol–water partition coefficient (Wildman–Crippen LogP) is 2.17. The summed E-state index contributed by atoms with van der Waals surface area (Å²) in [5.41, 5.74) is 0. The highest BCUT2D eigenvalue weighted by Crippen LogP contribution is 2.01. The van der Waals surface area contributed by atoms with Crippen molar-refractivity contribution in [1.29, 1.82) is 0 Å². The zero-order valence-electron chi connectivity index (χ0n) is 10.0. The Bertz CT molecular complexity index is 157. The Kier molecular flexibility index (Phi) is 8.49. The molecule has 0 aliphatic heterocycles. The Hall–Kier alpha value is 0.110. The molecule has 0 aliphatic carbocycles. The second kappa shape index (κ2) is 8.42. The maximum absolute atomic E-state index is 11.5. The van der Waals surface area contributed by atoms with E-state index in [1.165, 1.54) is 0 Å². The van der Waals surface area contributed by atoms with Crippen LogP contribution in [0.25, 0.3) is 0 Å². The average molecular weight is 219 g/mol. The highest BCUT2D eigenvalue weighted by atomic mass is 32.2. The Labute approximate surface area is 91.3 Å². The van der Waals surface area contributed by atoms with Crippen LogP contribution in [-0.2, 0) is 10.8 Å². The Morgan fingerprint density at radius 2 is 1.79 bits per heavy atom. The van der Waals surface area contributed by atoms with Gasteiger partial charge in [0.25, 0.3) is 0 Å². The van der Waals surface area contributed by atoms with Gasteiger partial charge in [-0.05, 0) is 25.3 Å². The van der Waals surface area contributed by atoms with Crippen molar-refractivity contribution in [3.8, 4) is 0 Å². The quantitative estimate of drug-likeness (QED) is 0.634. The van der Waals surface area contributed by atoms with Crippen molar-refractivity contribution in [3.63, 3.8) is 0 Å². The molecule has 0 aromatic heterocycles. The molecule has 0 aliphatic rings. The van der Waals surface area contributed by atoms with Gasteiger partial charge in [0.05, 0.1) is 0 Å². The van der Waals surface area contributed by atoms with E-state index < -0.39 is 10.8 Å². The third-order valence-electron chi connectivity index (χ3n) is 2.02. The molecular formula is C11H25NOS. The molecule has 0 saturated heterocycles. The molecule has 0 bridgehead atoms. The third-order valence-corrected chi connectivity index (χ3v) is 3.46. The van der Waals surface area contributed by atoms with Crippen molar-refractivity contribution < 1.29 is 4.21 Å². The summed E-state index contributed by atoms with van der Waals surface area (Å²) in [4.78, 5) is 0. The lowest BCUT2D eigenvalue weighted by Gasteiger charge is -2.08. The lowest BCUT2D eigenvalue weighted by molar-refractivity contribution is 0.581. The molecule has 0 heterocycles. The second-order valence-electron chi connectivity index (χ2n) is 4.49. The van der Waals surface area contributed by atoms with E-state index in [0.717, 1.165) is 30.9 Å². The molecule has 0 saturated carbocycles. The summed E-state index contributed by atoms with van der Waals surface area (Å²) < 4.78 is 11.5. The fourth-order valence-electron chi connectivity index (χ4n) is 1.09. The summed E-state index contributed by atoms with van der Waals surface area (Å²) in [6.45, 7) is 9.62. The summed E-state index contributed by atoms with van der Waals surface area (Å²) in [7, 11) is -0.595. The first-order chi connectivity index (χ1) is 6.52. The van der Waals surface area contributed by atoms with Gasteiger partial charge < -0.3 is 5.32 Å². The molecule has 86 valence electrons. The van der Waals surface area contributed by atoms with Crippen LogP contribution in [0.5, 0.6) is 0 Å². The molecule has 0 amide bonds. The van der Waals surface area contributed by atoms with E-state index in [0.29, 0.717) is 12.0 Å². The second-order valence-corrected chi connectivity index (χ2v) is 6.19. The first-order valence-electron chi connectivity index (χ1n) is 5.60. The third kappa shape index (κ3) is 10.2. The molecule has 14 heavy (non-hydrogen) atoms. The van der Waals surface area contributed by atoms with Crippen LogP contribution in [0, 0.1) is 5.92 Å². The van der Waals surface area contributed by atoms with Gasteiger partial charge in [-0.25, -0.2) is 0 Å². The van der Waals surface area contributed by atoms with Crippen molar-refractivity contribution in [3.05, 3.63) is 0 Å². The van der Waals surface area contributed by atoms with Crippen LogP contribution < -0.4 is 5.32 Å². The summed E-state index contributed by atoms with van der Waals surface area (Å²) >= 11 is 0. The first kappa shape index (κ1) is 14.1. The van der Waals surface area contributed by atoms with Crippen LogP contribution in [0.15, 0.2) is 0 Å². The van der Waals surface area contributed by atoms with Crippen LogP contribution in [-0.4, -0.2) is 28.3 Å². The van der Waals surface area contributed by atoms with Gasteiger partial charge in [-0.1, -0.05) is 27.7 Å². The predicted molar refractivity (Wildman–Crippen MR) is 65.1 cm³/mol. The molecule has 0 rings (SSSR count). The van der Waals surface area contributed by atoms with E-state index in [1.54, 1.807) is 0 Å². The minimum atomic E-state index is -0.595. The van der Waals surface area contributed by atoms with Crippen molar-refractivity contribution in [1.82, 2.24) is 5.32 Å². The molecule has 2 nitrogen and oxygen atoms in total. The Morgan fingerprint density at radius 1 is 1.14 bits per heavy atom. The van der Waals surface area contributed by atoms with Gasteiger partial charge in [-0.2, -0.15) is 0 Å². The molecule has 0 radical (unpaired) electrons. The first-order valence-corrected chi connectivity index (χ1v) is 7.09. The van der Waals surface area contributed by atoms with Gasteiger partial charge in [0.1, 0.15) is 0 Å². The molecule has 3 heteroatoms. The molecule has 0 spiro atoms. The van der Waals surface area contributed by atoms with Crippen molar-refractivity contribution in [2.24, 2.45) is 5.92 Å². The summed E-state index contributed by atoms with van der Waals surface area (Å²) in [6, 6.07) is 0.541. The minimum Gasteiger partial charge on any atom is -0.315 e. The standard InChI is InChI=1S/C11H25NOS/c1-10(2)6-9-14(13)8-5-7-12-11(3)4/h10-12H,5-9H2,1-4H3. The largest absolute Gasteiger partial charge is 0.315 e. The van der Waals surface area contributed by atoms with E-state index in [9.17, 15) is 4.21 Å². The van der Waals surface area contributed by atoms with Crippen LogP contribution >= 0.6 is 0 Å². The van der Waals surface area contributed by atoms with Gasteiger partial charge in [-0.15, -0.1) is 0 Å². The zero-order valence-corrected chi connectivity index (χ0v) is 10.8. The molecule has 0 aromatic carbocycles. The van der Waals surface area contributed by atoms with E-state index in [1.807, 2.05) is 0 Å². The van der Waals surface area contributed by atoms with E-state index in [4.69, 9.17) is 0 Å². The molecular weight excluding hydrogens is 194 g/mol. The van der Waals surface area contributed by atoms with Gasteiger partial charge >= 0.3 is 0 Å². The minimum absolute atomic E-state index is 0.541. The maximum Gasteiger partial charge on any atom is 0.0246 e. The molecule has 1 N–H and O–H groups in total. The number of hydrogen-bond acceptors (Lipinski definition) is 2. The highest BCUT2D eigenvalue weighted by molar-refractivity contribution is 7.84. The fraction of sp³-hybridized carbons (Fsp3) is 1.00. The Morgan fingerprint density at radius 3 is 2.29 bits per heavy atom. The summed E-state index contributed by atoms with van der Waals surface area (Å²) in [5, 5.41) is 3.33. The van der Waals surface area contributed by atoms with Gasteiger partial charge in [0.15, 0.2) is 0 Å². The summed E-state index contributed by atoms with van der Waals surface area (Å²) in [6.07, 6.45) is 2.12. The molecule has 1 unspecified atom stereocenters. The topological polar surface area (TPSA) is 29.1 Å². The van der Waals surface area contributed by atoms with Crippen molar-refractivity contribution >= 4 is 10.8 Å². The van der Waals surface area contributed by atoms with Crippen LogP contribution in [0.3, 0.4) is 0 Å². The highest BCUT2D eigenvalue weighted by Gasteiger charge is 2.01. The molecule has 1 atom stereocenters. The maximum atomic E-state index is 11.5. The number of rotatable bonds is 8. The SMILES string of the molecule is CC(C)CCS(=O)CCCNC(C)C. The average Bonchev–Trinajstić information content (AvgIpc) is 2.08. The van der Waals surface area contributed by atoms with Crippen LogP contribution in [0.1, 0.15) is 40.5 Å².